The fraction of sp³-hybridized carbons (Fsp3) is 0.562. The van der Waals surface area contributed by atoms with Crippen molar-refractivity contribution in [3.8, 4) is 0 Å². The molecule has 1 aromatic rings. The highest BCUT2D eigenvalue weighted by Crippen LogP contribution is 2.27. The van der Waals surface area contributed by atoms with Crippen LogP contribution in [-0.2, 0) is 4.79 Å². The Hall–Kier alpha value is -1.39. The number of rotatable bonds is 6. The Labute approximate surface area is 121 Å². The molecule has 1 amide bonds. The Balaban J connectivity index is 1.97. The van der Waals surface area contributed by atoms with E-state index in [1.54, 1.807) is 0 Å². The molecule has 0 saturated carbocycles. The van der Waals surface area contributed by atoms with Crippen molar-refractivity contribution in [2.45, 2.75) is 31.7 Å². The van der Waals surface area contributed by atoms with E-state index in [-0.39, 0.29) is 5.91 Å². The summed E-state index contributed by atoms with van der Waals surface area (Å²) in [5, 5.41) is 3.22. The number of amides is 1. The summed E-state index contributed by atoms with van der Waals surface area (Å²) in [5.74, 6) is 0.289. The van der Waals surface area contributed by atoms with E-state index in [9.17, 15) is 4.79 Å². The van der Waals surface area contributed by atoms with Crippen LogP contribution in [0, 0.1) is 0 Å². The van der Waals surface area contributed by atoms with Gasteiger partial charge in [-0.25, -0.2) is 0 Å². The summed E-state index contributed by atoms with van der Waals surface area (Å²) in [6.07, 6.45) is 1.14. The summed E-state index contributed by atoms with van der Waals surface area (Å²) in [7, 11) is 0. The first-order chi connectivity index (χ1) is 9.55. The van der Waals surface area contributed by atoms with Gasteiger partial charge in [0.15, 0.2) is 0 Å². The van der Waals surface area contributed by atoms with Crippen LogP contribution in [0.5, 0.6) is 0 Å². The minimum atomic E-state index is -0.639. The average Bonchev–Trinajstić information content (AvgIpc) is 2.88. The van der Waals surface area contributed by atoms with Crippen LogP contribution >= 0.6 is 0 Å². The maximum atomic E-state index is 11.7. The van der Waals surface area contributed by atoms with Crippen molar-refractivity contribution < 1.29 is 4.79 Å². The van der Waals surface area contributed by atoms with Crippen LogP contribution in [0.3, 0.4) is 0 Å². The van der Waals surface area contributed by atoms with E-state index in [1.807, 2.05) is 19.9 Å². The first-order valence-electron chi connectivity index (χ1n) is 7.37. The zero-order valence-corrected chi connectivity index (χ0v) is 12.4. The molecule has 4 nitrogen and oxygen atoms in total. The van der Waals surface area contributed by atoms with Crippen molar-refractivity contribution in [3.63, 3.8) is 0 Å². The predicted molar refractivity (Wildman–Crippen MR) is 81.5 cm³/mol. The maximum Gasteiger partial charge on any atom is 0.238 e. The Kier molecular flexibility index (Phi) is 4.78. The van der Waals surface area contributed by atoms with E-state index >= 15 is 0 Å². The number of carbonyl (C=O) groups is 1. The molecule has 0 aliphatic carbocycles. The van der Waals surface area contributed by atoms with Crippen LogP contribution in [-0.4, -0.2) is 42.5 Å². The van der Waals surface area contributed by atoms with E-state index in [0.717, 1.165) is 26.1 Å². The molecule has 2 rings (SSSR count). The van der Waals surface area contributed by atoms with Crippen molar-refractivity contribution in [2.24, 2.45) is 5.73 Å². The monoisotopic (exact) mass is 275 g/mol. The lowest BCUT2D eigenvalue weighted by Gasteiger charge is -2.31. The fourth-order valence-electron chi connectivity index (χ4n) is 3.03. The number of hydrogen-bond acceptors (Lipinski definition) is 3. The van der Waals surface area contributed by atoms with E-state index in [0.29, 0.717) is 12.5 Å². The highest BCUT2D eigenvalue weighted by Gasteiger charge is 2.35. The molecule has 3 N–H and O–H groups in total. The van der Waals surface area contributed by atoms with Crippen molar-refractivity contribution >= 4 is 5.91 Å². The third-order valence-corrected chi connectivity index (χ3v) is 4.19. The molecule has 1 aliphatic rings. The minimum absolute atomic E-state index is 0.275. The molecule has 2 unspecified atom stereocenters. The molecule has 110 valence electrons. The lowest BCUT2D eigenvalue weighted by Crippen LogP contribution is -2.59. The molecule has 0 aromatic heterocycles. The quantitative estimate of drug-likeness (QED) is 0.823. The number of carbonyl (C=O) groups excluding carboxylic acids is 1. The minimum Gasteiger partial charge on any atom is -0.368 e. The fourth-order valence-corrected chi connectivity index (χ4v) is 3.03. The summed E-state index contributed by atoms with van der Waals surface area (Å²) < 4.78 is 0. The van der Waals surface area contributed by atoms with E-state index in [4.69, 9.17) is 5.73 Å². The summed E-state index contributed by atoms with van der Waals surface area (Å²) in [4.78, 5) is 14.0. The van der Waals surface area contributed by atoms with Gasteiger partial charge in [0.05, 0.1) is 0 Å². The number of nitrogens with one attached hydrogen (secondary N) is 1. The number of benzene rings is 1. The second kappa shape index (κ2) is 6.37. The maximum absolute atomic E-state index is 11.7. The number of likely N-dealkylation sites (tertiary alicyclic amines) is 1. The van der Waals surface area contributed by atoms with Gasteiger partial charge in [-0.05, 0) is 37.9 Å². The van der Waals surface area contributed by atoms with Gasteiger partial charge in [-0.3, -0.25) is 4.79 Å². The van der Waals surface area contributed by atoms with Gasteiger partial charge in [-0.1, -0.05) is 37.3 Å². The van der Waals surface area contributed by atoms with Gasteiger partial charge in [0.2, 0.25) is 5.91 Å². The van der Waals surface area contributed by atoms with Crippen molar-refractivity contribution in [1.82, 2.24) is 10.2 Å². The lowest BCUT2D eigenvalue weighted by atomic mass is 9.98. The second-order valence-electron chi connectivity index (χ2n) is 5.86. The summed E-state index contributed by atoms with van der Waals surface area (Å²) in [6, 6.07) is 10.6. The van der Waals surface area contributed by atoms with E-state index in [1.165, 1.54) is 5.56 Å². The van der Waals surface area contributed by atoms with Crippen molar-refractivity contribution in [1.29, 1.82) is 0 Å². The van der Waals surface area contributed by atoms with Crippen LogP contribution in [0.25, 0.3) is 0 Å². The van der Waals surface area contributed by atoms with Gasteiger partial charge in [0.25, 0.3) is 0 Å². The number of nitrogens with two attached hydrogens (primary N) is 1. The van der Waals surface area contributed by atoms with Gasteiger partial charge < -0.3 is 16.0 Å². The van der Waals surface area contributed by atoms with Crippen LogP contribution in [0.15, 0.2) is 30.3 Å². The van der Waals surface area contributed by atoms with Gasteiger partial charge >= 0.3 is 0 Å². The number of nitrogens with zero attached hydrogens (tertiary/aromatic N) is 1. The first kappa shape index (κ1) is 15.0. The third kappa shape index (κ3) is 3.38. The number of likely N-dealkylation sites (N-methyl/N-ethyl adjacent to an activating group) is 1. The Bertz CT molecular complexity index is 448. The van der Waals surface area contributed by atoms with Gasteiger partial charge in [-0.2, -0.15) is 0 Å². The highest BCUT2D eigenvalue weighted by molar-refractivity contribution is 5.84. The molecule has 1 saturated heterocycles. The first-order valence-corrected chi connectivity index (χ1v) is 7.37. The topological polar surface area (TPSA) is 58.4 Å². The summed E-state index contributed by atoms with van der Waals surface area (Å²) in [6.45, 7) is 7.34. The molecule has 1 heterocycles. The molecule has 1 aliphatic heterocycles. The van der Waals surface area contributed by atoms with Crippen LogP contribution in [0.2, 0.25) is 0 Å². The molecule has 0 radical (unpaired) electrons. The average molecular weight is 275 g/mol. The van der Waals surface area contributed by atoms with Gasteiger partial charge in [0.1, 0.15) is 5.54 Å². The normalized spacial score (nSPS) is 22.6. The zero-order valence-electron chi connectivity index (χ0n) is 12.4. The van der Waals surface area contributed by atoms with Crippen molar-refractivity contribution in [3.05, 3.63) is 35.9 Å². The SMILES string of the molecule is CCNC(C)(CN1CCC(c2ccccc2)C1)C(N)=O. The lowest BCUT2D eigenvalue weighted by molar-refractivity contribution is -0.124. The van der Waals surface area contributed by atoms with E-state index in [2.05, 4.69) is 34.5 Å². The Morgan fingerprint density at radius 3 is 2.75 bits per heavy atom. The molecular weight excluding hydrogens is 250 g/mol. The van der Waals surface area contributed by atoms with Crippen LogP contribution in [0.4, 0.5) is 0 Å². The van der Waals surface area contributed by atoms with Crippen LogP contribution in [0.1, 0.15) is 31.7 Å². The largest absolute Gasteiger partial charge is 0.368 e. The second-order valence-corrected chi connectivity index (χ2v) is 5.86. The third-order valence-electron chi connectivity index (χ3n) is 4.19. The Morgan fingerprint density at radius 1 is 1.45 bits per heavy atom. The molecule has 1 aromatic carbocycles. The standard InChI is InChI=1S/C16H25N3O/c1-3-18-16(2,15(17)20)12-19-10-9-14(11-19)13-7-5-4-6-8-13/h4-8,14,18H,3,9-12H2,1-2H3,(H2,17,20). The smallest absolute Gasteiger partial charge is 0.238 e. The summed E-state index contributed by atoms with van der Waals surface area (Å²) in [5.41, 5.74) is 6.30. The molecular formula is C16H25N3O. The molecule has 0 spiro atoms. The Morgan fingerprint density at radius 2 is 2.15 bits per heavy atom. The van der Waals surface area contributed by atoms with E-state index < -0.39 is 5.54 Å². The van der Waals surface area contributed by atoms with Gasteiger partial charge in [-0.15, -0.1) is 0 Å². The molecule has 20 heavy (non-hydrogen) atoms. The number of primary amides is 1. The number of hydrogen-bond donors (Lipinski definition) is 2. The molecule has 1 fully saturated rings. The zero-order chi connectivity index (χ0) is 14.6. The molecule has 4 heteroatoms. The van der Waals surface area contributed by atoms with Gasteiger partial charge in [0, 0.05) is 13.1 Å². The highest BCUT2D eigenvalue weighted by atomic mass is 16.1. The van der Waals surface area contributed by atoms with Crippen molar-refractivity contribution in [2.75, 3.05) is 26.2 Å². The van der Waals surface area contributed by atoms with Crippen LogP contribution < -0.4 is 11.1 Å². The molecule has 0 bridgehead atoms. The molecule has 2 atom stereocenters. The summed E-state index contributed by atoms with van der Waals surface area (Å²) >= 11 is 0. The predicted octanol–water partition coefficient (Wildman–Crippen LogP) is 1.33.